The maximum atomic E-state index is 13.0. The molecule has 0 aliphatic rings. The second-order valence-corrected chi connectivity index (χ2v) is 7.53. The number of hydrogen-bond acceptors (Lipinski definition) is 4. The predicted molar refractivity (Wildman–Crippen MR) is 113 cm³/mol. The van der Waals surface area contributed by atoms with Crippen LogP contribution in [0.2, 0.25) is 0 Å². The Morgan fingerprint density at radius 2 is 1.75 bits per heavy atom. The number of hydrogen-bond donors (Lipinski definition) is 1. The lowest BCUT2D eigenvalue weighted by atomic mass is 10.1. The molecule has 4 rings (SSSR count). The molecule has 28 heavy (non-hydrogen) atoms. The van der Waals surface area contributed by atoms with Gasteiger partial charge in [-0.3, -0.25) is 14.2 Å². The lowest BCUT2D eigenvalue weighted by Crippen LogP contribution is -2.21. The van der Waals surface area contributed by atoms with Crippen LogP contribution in [-0.4, -0.2) is 15.5 Å². The van der Waals surface area contributed by atoms with E-state index in [-0.39, 0.29) is 11.5 Å². The van der Waals surface area contributed by atoms with Gasteiger partial charge in [0.2, 0.25) is 0 Å². The van der Waals surface area contributed by atoms with E-state index in [1.54, 1.807) is 10.9 Å². The third kappa shape index (κ3) is 3.59. The lowest BCUT2D eigenvalue weighted by molar-refractivity contribution is 0.103. The van der Waals surface area contributed by atoms with Gasteiger partial charge in [-0.25, -0.2) is 4.98 Å². The van der Waals surface area contributed by atoms with E-state index in [2.05, 4.69) is 10.3 Å². The molecule has 2 heterocycles. The fourth-order valence-corrected chi connectivity index (χ4v) is 4.17. The number of amides is 1. The van der Waals surface area contributed by atoms with E-state index in [4.69, 9.17) is 0 Å². The lowest BCUT2D eigenvalue weighted by Gasteiger charge is -2.06. The van der Waals surface area contributed by atoms with Crippen LogP contribution in [0.1, 0.15) is 20.8 Å². The smallest absolute Gasteiger partial charge is 0.266 e. The summed E-state index contributed by atoms with van der Waals surface area (Å²) in [7, 11) is 0. The van der Waals surface area contributed by atoms with E-state index in [1.807, 2.05) is 67.6 Å². The molecule has 6 heteroatoms. The number of nitrogens with one attached hydrogen (secondary N) is 1. The number of nitrogens with zero attached hydrogens (tertiary/aromatic N) is 2. The summed E-state index contributed by atoms with van der Waals surface area (Å²) in [6.45, 7) is 2.36. The summed E-state index contributed by atoms with van der Waals surface area (Å²) >= 11 is 1.25. The van der Waals surface area contributed by atoms with Crippen molar-refractivity contribution in [3.63, 3.8) is 0 Å². The van der Waals surface area contributed by atoms with Crippen LogP contribution in [0, 0.1) is 6.92 Å². The Labute approximate surface area is 166 Å². The van der Waals surface area contributed by atoms with Crippen molar-refractivity contribution in [3.05, 3.63) is 93.3 Å². The van der Waals surface area contributed by atoms with Gasteiger partial charge in [0.25, 0.3) is 11.5 Å². The van der Waals surface area contributed by atoms with Crippen LogP contribution in [0.5, 0.6) is 0 Å². The third-order valence-electron chi connectivity index (χ3n) is 4.64. The first kappa shape index (κ1) is 18.1. The number of carbonyl (C=O) groups is 1. The number of benzene rings is 2. The first-order valence-corrected chi connectivity index (χ1v) is 9.84. The summed E-state index contributed by atoms with van der Waals surface area (Å²) in [6.07, 6.45) is 2.32. The molecular formula is C22H19N3O2S. The minimum absolute atomic E-state index is 0.103. The molecule has 5 nitrogen and oxygen atoms in total. The van der Waals surface area contributed by atoms with Crippen LogP contribution in [0.4, 0.5) is 5.69 Å². The van der Waals surface area contributed by atoms with E-state index in [0.717, 1.165) is 12.1 Å². The van der Waals surface area contributed by atoms with Gasteiger partial charge >= 0.3 is 0 Å². The molecule has 0 atom stereocenters. The topological polar surface area (TPSA) is 64.0 Å². The van der Waals surface area contributed by atoms with Crippen LogP contribution in [0.25, 0.3) is 10.2 Å². The van der Waals surface area contributed by atoms with Crippen LogP contribution in [-0.2, 0) is 13.0 Å². The van der Waals surface area contributed by atoms with Gasteiger partial charge in [-0.05, 0) is 36.6 Å². The molecule has 0 saturated heterocycles. The first-order chi connectivity index (χ1) is 13.6. The van der Waals surface area contributed by atoms with Crippen molar-refractivity contribution in [2.75, 3.05) is 5.32 Å². The highest BCUT2D eigenvalue weighted by molar-refractivity contribution is 7.20. The number of thiophene rings is 1. The highest BCUT2D eigenvalue weighted by Gasteiger charge is 2.19. The van der Waals surface area contributed by atoms with E-state index >= 15 is 0 Å². The molecule has 0 saturated carbocycles. The first-order valence-electron chi connectivity index (χ1n) is 9.02. The zero-order valence-corrected chi connectivity index (χ0v) is 16.2. The summed E-state index contributed by atoms with van der Waals surface area (Å²) in [5.41, 5.74) is 2.46. The number of anilines is 1. The van der Waals surface area contributed by atoms with Crippen LogP contribution in [0.3, 0.4) is 0 Å². The van der Waals surface area contributed by atoms with Crippen molar-refractivity contribution in [1.82, 2.24) is 9.55 Å². The molecule has 4 aromatic rings. The Morgan fingerprint density at radius 1 is 1.07 bits per heavy atom. The van der Waals surface area contributed by atoms with Gasteiger partial charge in [-0.1, -0.05) is 48.5 Å². The van der Waals surface area contributed by atoms with Crippen molar-refractivity contribution in [2.45, 2.75) is 19.9 Å². The van der Waals surface area contributed by atoms with Gasteiger partial charge in [-0.15, -0.1) is 11.3 Å². The largest absolute Gasteiger partial charge is 0.321 e. The minimum atomic E-state index is -0.220. The molecule has 2 aromatic heterocycles. The SMILES string of the molecule is Cc1c(C(=O)Nc2ccccc2)sc2ncn(CCc3ccccc3)c(=O)c12. The zero-order valence-electron chi connectivity index (χ0n) is 15.4. The molecule has 0 aliphatic heterocycles. The average Bonchev–Trinajstić information content (AvgIpc) is 3.06. The Kier molecular flexibility index (Phi) is 5.04. The number of rotatable bonds is 5. The highest BCUT2D eigenvalue weighted by atomic mass is 32.1. The summed E-state index contributed by atoms with van der Waals surface area (Å²) in [5, 5.41) is 3.40. The van der Waals surface area contributed by atoms with Gasteiger partial charge in [0.1, 0.15) is 4.83 Å². The standard InChI is InChI=1S/C22H19N3O2S/c1-15-18-21(28-19(15)20(26)24-17-10-6-3-7-11-17)23-14-25(22(18)27)13-12-16-8-4-2-5-9-16/h2-11,14H,12-13H2,1H3,(H,24,26). The van der Waals surface area contributed by atoms with Crippen LogP contribution in [0.15, 0.2) is 71.8 Å². The molecule has 1 amide bonds. The van der Waals surface area contributed by atoms with Crippen molar-refractivity contribution >= 4 is 33.1 Å². The summed E-state index contributed by atoms with van der Waals surface area (Å²) in [5.74, 6) is -0.220. The molecule has 2 aromatic carbocycles. The normalized spacial score (nSPS) is 10.9. The Bertz CT molecular complexity index is 1180. The monoisotopic (exact) mass is 389 g/mol. The van der Waals surface area contributed by atoms with Crippen molar-refractivity contribution in [3.8, 4) is 0 Å². The van der Waals surface area contributed by atoms with Crippen molar-refractivity contribution in [1.29, 1.82) is 0 Å². The Balaban J connectivity index is 1.62. The van der Waals surface area contributed by atoms with Gasteiger partial charge in [-0.2, -0.15) is 0 Å². The molecule has 0 bridgehead atoms. The average molecular weight is 389 g/mol. The van der Waals surface area contributed by atoms with Crippen molar-refractivity contribution < 1.29 is 4.79 Å². The van der Waals surface area contributed by atoms with Gasteiger partial charge in [0.15, 0.2) is 0 Å². The van der Waals surface area contributed by atoms with Crippen LogP contribution >= 0.6 is 11.3 Å². The molecule has 0 fully saturated rings. The maximum absolute atomic E-state index is 13.0. The third-order valence-corrected chi connectivity index (χ3v) is 5.84. The molecule has 140 valence electrons. The second-order valence-electron chi connectivity index (χ2n) is 6.54. The maximum Gasteiger partial charge on any atom is 0.266 e. The summed E-state index contributed by atoms with van der Waals surface area (Å²) in [4.78, 5) is 31.2. The fraction of sp³-hybridized carbons (Fsp3) is 0.136. The van der Waals surface area contributed by atoms with Crippen LogP contribution < -0.4 is 10.9 Å². The van der Waals surface area contributed by atoms with Crippen molar-refractivity contribution in [2.24, 2.45) is 0 Å². The minimum Gasteiger partial charge on any atom is -0.321 e. The van der Waals surface area contributed by atoms with Gasteiger partial charge in [0, 0.05) is 12.2 Å². The van der Waals surface area contributed by atoms with E-state index in [9.17, 15) is 9.59 Å². The van der Waals surface area contributed by atoms with E-state index in [0.29, 0.717) is 27.2 Å². The number of aromatic nitrogens is 2. The Morgan fingerprint density at radius 3 is 2.46 bits per heavy atom. The molecule has 0 spiro atoms. The molecule has 0 unspecified atom stereocenters. The van der Waals surface area contributed by atoms with E-state index < -0.39 is 0 Å². The second kappa shape index (κ2) is 7.78. The number of para-hydroxylation sites is 1. The number of aryl methyl sites for hydroxylation is 3. The quantitative estimate of drug-likeness (QED) is 0.555. The zero-order chi connectivity index (χ0) is 19.5. The summed E-state index contributed by atoms with van der Waals surface area (Å²) < 4.78 is 1.62. The molecule has 0 radical (unpaired) electrons. The summed E-state index contributed by atoms with van der Waals surface area (Å²) in [6, 6.07) is 19.3. The highest BCUT2D eigenvalue weighted by Crippen LogP contribution is 2.27. The van der Waals surface area contributed by atoms with Gasteiger partial charge < -0.3 is 5.32 Å². The number of carbonyl (C=O) groups excluding carboxylic acids is 1. The Hall–Kier alpha value is -3.25. The molecule has 0 aliphatic carbocycles. The fourth-order valence-electron chi connectivity index (χ4n) is 3.14. The van der Waals surface area contributed by atoms with Gasteiger partial charge in [0.05, 0.1) is 16.6 Å². The molecule has 1 N–H and O–H groups in total. The van der Waals surface area contributed by atoms with E-state index in [1.165, 1.54) is 16.9 Å². The molecular weight excluding hydrogens is 370 g/mol. The predicted octanol–water partition coefficient (Wildman–Crippen LogP) is 4.26. The number of fused-ring (bicyclic) bond motifs is 1.